The third-order valence-electron chi connectivity index (χ3n) is 7.31. The second kappa shape index (κ2) is 11.8. The highest BCUT2D eigenvalue weighted by molar-refractivity contribution is 7.89. The standard InChI is InChI=1S/C30H36N2O3S/c1-23-13-15-25(16-14-23)21-31-30(33)28-19-17-26(18-20-28)22-32(24(2)27-9-5-3-6-10-27)36(34,35)29-11-7-4-8-12-29/h3-16,24,26,28H,17-22H2,1-2H3,(H,31,33)/t24-,26?,28?/m0/s1. The molecule has 1 amide bonds. The van der Waals surface area contributed by atoms with Gasteiger partial charge in [0.15, 0.2) is 0 Å². The molecule has 0 saturated heterocycles. The lowest BCUT2D eigenvalue weighted by atomic mass is 9.81. The average Bonchev–Trinajstić information content (AvgIpc) is 2.92. The lowest BCUT2D eigenvalue weighted by Gasteiger charge is -2.35. The Hall–Kier alpha value is -2.96. The number of nitrogens with one attached hydrogen (secondary N) is 1. The molecule has 1 fully saturated rings. The van der Waals surface area contributed by atoms with Crippen LogP contribution in [0.5, 0.6) is 0 Å². The Morgan fingerprint density at radius 1 is 0.889 bits per heavy atom. The summed E-state index contributed by atoms with van der Waals surface area (Å²) in [7, 11) is -3.67. The molecule has 190 valence electrons. The lowest BCUT2D eigenvalue weighted by Crippen LogP contribution is -2.39. The van der Waals surface area contributed by atoms with E-state index < -0.39 is 10.0 Å². The van der Waals surface area contributed by atoms with E-state index in [4.69, 9.17) is 0 Å². The fourth-order valence-electron chi connectivity index (χ4n) is 4.99. The van der Waals surface area contributed by atoms with Gasteiger partial charge >= 0.3 is 0 Å². The van der Waals surface area contributed by atoms with Crippen LogP contribution in [0.2, 0.25) is 0 Å². The topological polar surface area (TPSA) is 66.5 Å². The Balaban J connectivity index is 1.40. The molecule has 0 aromatic heterocycles. The fourth-order valence-corrected chi connectivity index (χ4v) is 6.71. The van der Waals surface area contributed by atoms with Crippen LogP contribution in [0.1, 0.15) is 55.3 Å². The van der Waals surface area contributed by atoms with E-state index in [1.165, 1.54) is 5.56 Å². The van der Waals surface area contributed by atoms with E-state index in [2.05, 4.69) is 17.4 Å². The van der Waals surface area contributed by atoms with Crippen LogP contribution in [0, 0.1) is 18.8 Å². The molecule has 0 unspecified atom stereocenters. The van der Waals surface area contributed by atoms with Gasteiger partial charge in [-0.25, -0.2) is 8.42 Å². The quantitative estimate of drug-likeness (QED) is 0.396. The van der Waals surface area contributed by atoms with Gasteiger partial charge in [-0.05, 0) is 68.7 Å². The van der Waals surface area contributed by atoms with Gasteiger partial charge in [0.05, 0.1) is 4.90 Å². The maximum atomic E-state index is 13.7. The number of carbonyl (C=O) groups excluding carboxylic acids is 1. The molecule has 1 atom stereocenters. The van der Waals surface area contributed by atoms with Crippen molar-refractivity contribution in [3.8, 4) is 0 Å². The van der Waals surface area contributed by atoms with Crippen molar-refractivity contribution in [2.24, 2.45) is 11.8 Å². The van der Waals surface area contributed by atoms with Gasteiger partial charge < -0.3 is 5.32 Å². The minimum atomic E-state index is -3.67. The molecule has 1 aliphatic carbocycles. The Morgan fingerprint density at radius 2 is 1.47 bits per heavy atom. The molecule has 3 aromatic carbocycles. The van der Waals surface area contributed by atoms with Crippen LogP contribution >= 0.6 is 0 Å². The number of sulfonamides is 1. The van der Waals surface area contributed by atoms with E-state index >= 15 is 0 Å². The van der Waals surface area contributed by atoms with Crippen LogP contribution < -0.4 is 5.32 Å². The van der Waals surface area contributed by atoms with Gasteiger partial charge in [-0.1, -0.05) is 78.4 Å². The molecule has 6 heteroatoms. The summed E-state index contributed by atoms with van der Waals surface area (Å²) in [5, 5.41) is 3.08. The van der Waals surface area contributed by atoms with E-state index in [1.54, 1.807) is 28.6 Å². The van der Waals surface area contributed by atoms with Crippen LogP contribution in [0.3, 0.4) is 0 Å². The predicted molar refractivity (Wildman–Crippen MR) is 144 cm³/mol. The number of hydrogen-bond acceptors (Lipinski definition) is 3. The minimum absolute atomic E-state index is 0.0163. The first-order valence-corrected chi connectivity index (χ1v) is 14.2. The number of carbonyl (C=O) groups is 1. The maximum absolute atomic E-state index is 13.7. The Labute approximate surface area is 215 Å². The van der Waals surface area contributed by atoms with Crippen LogP contribution in [-0.2, 0) is 21.4 Å². The molecule has 5 nitrogen and oxygen atoms in total. The molecule has 1 N–H and O–H groups in total. The highest BCUT2D eigenvalue weighted by atomic mass is 32.2. The molecule has 0 heterocycles. The third kappa shape index (κ3) is 6.42. The van der Waals surface area contributed by atoms with Gasteiger partial charge in [-0.3, -0.25) is 4.79 Å². The first kappa shape index (κ1) is 26.1. The van der Waals surface area contributed by atoms with E-state index in [0.717, 1.165) is 36.8 Å². The van der Waals surface area contributed by atoms with E-state index in [9.17, 15) is 13.2 Å². The van der Waals surface area contributed by atoms with Gasteiger partial charge in [-0.15, -0.1) is 0 Å². The maximum Gasteiger partial charge on any atom is 0.243 e. The summed E-state index contributed by atoms with van der Waals surface area (Å²) in [6.45, 7) is 5.00. The van der Waals surface area contributed by atoms with Crippen LogP contribution in [-0.4, -0.2) is 25.2 Å². The monoisotopic (exact) mass is 504 g/mol. The Bertz CT molecular complexity index is 1220. The molecule has 0 aliphatic heterocycles. The van der Waals surface area contributed by atoms with E-state index in [1.807, 2.05) is 62.4 Å². The summed E-state index contributed by atoms with van der Waals surface area (Å²) in [5.74, 6) is 0.300. The summed E-state index contributed by atoms with van der Waals surface area (Å²) in [6.07, 6.45) is 3.24. The minimum Gasteiger partial charge on any atom is -0.352 e. The summed E-state index contributed by atoms with van der Waals surface area (Å²) in [4.78, 5) is 13.1. The van der Waals surface area contributed by atoms with Gasteiger partial charge in [0.1, 0.15) is 0 Å². The van der Waals surface area contributed by atoms with Gasteiger partial charge in [0.25, 0.3) is 0 Å². The van der Waals surface area contributed by atoms with Crippen molar-refractivity contribution in [2.75, 3.05) is 6.54 Å². The van der Waals surface area contributed by atoms with Crippen molar-refractivity contribution in [3.63, 3.8) is 0 Å². The second-order valence-electron chi connectivity index (χ2n) is 9.90. The fraction of sp³-hybridized carbons (Fsp3) is 0.367. The number of hydrogen-bond donors (Lipinski definition) is 1. The van der Waals surface area contributed by atoms with Crippen molar-refractivity contribution in [1.29, 1.82) is 0 Å². The molecule has 0 bridgehead atoms. The van der Waals surface area contributed by atoms with Crippen molar-refractivity contribution < 1.29 is 13.2 Å². The first-order chi connectivity index (χ1) is 17.3. The normalized spacial score (nSPS) is 19.1. The molecule has 4 rings (SSSR count). The van der Waals surface area contributed by atoms with Crippen molar-refractivity contribution in [2.45, 2.75) is 57.0 Å². The predicted octanol–water partition coefficient (Wildman–Crippen LogP) is 5.87. The van der Waals surface area contributed by atoms with Crippen LogP contribution in [0.15, 0.2) is 89.8 Å². The zero-order chi connectivity index (χ0) is 25.5. The van der Waals surface area contributed by atoms with Gasteiger partial charge in [0.2, 0.25) is 15.9 Å². The van der Waals surface area contributed by atoms with Crippen molar-refractivity contribution >= 4 is 15.9 Å². The average molecular weight is 505 g/mol. The van der Waals surface area contributed by atoms with Crippen LogP contribution in [0.4, 0.5) is 0 Å². The molecule has 0 radical (unpaired) electrons. The summed E-state index contributed by atoms with van der Waals surface area (Å²) >= 11 is 0. The Morgan fingerprint density at radius 3 is 2.08 bits per heavy atom. The zero-order valence-corrected chi connectivity index (χ0v) is 22.0. The van der Waals surface area contributed by atoms with E-state index in [-0.39, 0.29) is 23.8 Å². The number of aryl methyl sites for hydroxylation is 1. The van der Waals surface area contributed by atoms with E-state index in [0.29, 0.717) is 18.0 Å². The molecule has 0 spiro atoms. The number of amides is 1. The highest BCUT2D eigenvalue weighted by Gasteiger charge is 2.34. The number of nitrogens with zero attached hydrogens (tertiary/aromatic N) is 1. The largest absolute Gasteiger partial charge is 0.352 e. The number of benzene rings is 3. The smallest absolute Gasteiger partial charge is 0.243 e. The molecule has 1 saturated carbocycles. The zero-order valence-electron chi connectivity index (χ0n) is 21.1. The molecular formula is C30H36N2O3S. The summed E-state index contributed by atoms with van der Waals surface area (Å²) < 4.78 is 29.0. The molecular weight excluding hydrogens is 468 g/mol. The molecule has 36 heavy (non-hydrogen) atoms. The number of rotatable bonds is 9. The van der Waals surface area contributed by atoms with Crippen molar-refractivity contribution in [3.05, 3.63) is 102 Å². The Kier molecular flexibility index (Phi) is 8.60. The SMILES string of the molecule is Cc1ccc(CNC(=O)C2CCC(CN([C@@H](C)c3ccccc3)S(=O)(=O)c3ccccc3)CC2)cc1. The lowest BCUT2D eigenvalue weighted by molar-refractivity contribution is -0.126. The first-order valence-electron chi connectivity index (χ1n) is 12.8. The highest BCUT2D eigenvalue weighted by Crippen LogP contribution is 2.34. The summed E-state index contributed by atoms with van der Waals surface area (Å²) in [6, 6.07) is 26.4. The molecule has 1 aliphatic rings. The van der Waals surface area contributed by atoms with Crippen molar-refractivity contribution in [1.82, 2.24) is 9.62 Å². The van der Waals surface area contributed by atoms with Gasteiger partial charge in [-0.2, -0.15) is 4.31 Å². The molecule has 3 aromatic rings. The summed E-state index contributed by atoms with van der Waals surface area (Å²) in [5.41, 5.74) is 3.27. The third-order valence-corrected chi connectivity index (χ3v) is 9.26. The van der Waals surface area contributed by atoms with Gasteiger partial charge in [0, 0.05) is 25.0 Å². The second-order valence-corrected chi connectivity index (χ2v) is 11.8. The van der Waals surface area contributed by atoms with Crippen LogP contribution in [0.25, 0.3) is 0 Å².